The minimum atomic E-state index is -0.654. The Kier molecular flexibility index (Phi) is 5.93. The van der Waals surface area contributed by atoms with E-state index in [1.807, 2.05) is 0 Å². The van der Waals surface area contributed by atoms with E-state index in [1.54, 1.807) is 17.6 Å². The maximum Gasteiger partial charge on any atom is 0.0300 e. The predicted molar refractivity (Wildman–Crippen MR) is 67.3 cm³/mol. The van der Waals surface area contributed by atoms with Gasteiger partial charge in [-0.15, -0.1) is 11.3 Å². The van der Waals surface area contributed by atoms with Crippen LogP contribution < -0.4 is 5.32 Å². The average molecular weight is 296 g/mol. The molecule has 0 aliphatic carbocycles. The Bertz CT molecular complexity index is 301. The molecule has 2 nitrogen and oxygen atoms in total. The van der Waals surface area contributed by atoms with Crippen molar-refractivity contribution >= 4 is 38.1 Å². The fraction of sp³-hybridized carbons (Fsp3) is 0.556. The van der Waals surface area contributed by atoms with E-state index >= 15 is 0 Å². The maximum atomic E-state index is 10.8. The first kappa shape index (κ1) is 12.4. The van der Waals surface area contributed by atoms with Crippen LogP contribution in [-0.2, 0) is 17.3 Å². The summed E-state index contributed by atoms with van der Waals surface area (Å²) < 4.78 is 11.9. The van der Waals surface area contributed by atoms with Gasteiger partial charge in [0.15, 0.2) is 0 Å². The molecule has 0 saturated carbocycles. The van der Waals surface area contributed by atoms with E-state index in [0.717, 1.165) is 29.7 Å². The molecule has 0 bridgehead atoms. The maximum absolute atomic E-state index is 10.8. The van der Waals surface area contributed by atoms with Crippen LogP contribution in [0, 0.1) is 0 Å². The van der Waals surface area contributed by atoms with Crippen LogP contribution >= 0.6 is 27.3 Å². The van der Waals surface area contributed by atoms with Gasteiger partial charge < -0.3 is 5.32 Å². The smallest absolute Gasteiger partial charge is 0.0300 e. The largest absolute Gasteiger partial charge is 0.312 e. The zero-order valence-electron chi connectivity index (χ0n) is 8.09. The van der Waals surface area contributed by atoms with E-state index in [-0.39, 0.29) is 0 Å². The lowest BCUT2D eigenvalue weighted by molar-refractivity contribution is 0.665. The quantitative estimate of drug-likeness (QED) is 0.817. The van der Waals surface area contributed by atoms with Gasteiger partial charge in [0.1, 0.15) is 0 Å². The molecule has 0 aliphatic rings. The van der Waals surface area contributed by atoms with Crippen molar-refractivity contribution in [3.8, 4) is 0 Å². The topological polar surface area (TPSA) is 29.1 Å². The van der Waals surface area contributed by atoms with Gasteiger partial charge in [-0.05, 0) is 35.0 Å². The van der Waals surface area contributed by atoms with E-state index in [4.69, 9.17) is 0 Å². The SMILES string of the molecule is CS(=O)CCCNCc1cc(Br)cs1. The van der Waals surface area contributed by atoms with E-state index in [9.17, 15) is 4.21 Å². The van der Waals surface area contributed by atoms with E-state index in [2.05, 4.69) is 32.7 Å². The first-order valence-corrected chi connectivity index (χ1v) is 7.82. The molecule has 0 fully saturated rings. The van der Waals surface area contributed by atoms with E-state index < -0.39 is 10.8 Å². The monoisotopic (exact) mass is 295 g/mol. The predicted octanol–water partition coefficient (Wildman–Crippen LogP) is 2.37. The highest BCUT2D eigenvalue weighted by molar-refractivity contribution is 9.10. The molecule has 0 spiro atoms. The van der Waals surface area contributed by atoms with E-state index in [0.29, 0.717) is 0 Å². The van der Waals surface area contributed by atoms with Crippen molar-refractivity contribution in [1.29, 1.82) is 0 Å². The van der Waals surface area contributed by atoms with Crippen molar-refractivity contribution in [3.63, 3.8) is 0 Å². The van der Waals surface area contributed by atoms with Crippen LogP contribution in [-0.4, -0.2) is 22.8 Å². The molecule has 1 aromatic rings. The Morgan fingerprint density at radius 1 is 1.64 bits per heavy atom. The molecule has 0 aliphatic heterocycles. The first-order chi connectivity index (χ1) is 6.68. The van der Waals surface area contributed by atoms with Crippen molar-refractivity contribution in [3.05, 3.63) is 20.8 Å². The molecule has 0 radical (unpaired) electrons. The zero-order chi connectivity index (χ0) is 10.4. The number of rotatable bonds is 6. The molecule has 1 atom stereocenters. The van der Waals surface area contributed by atoms with Crippen molar-refractivity contribution in [1.82, 2.24) is 5.32 Å². The Hall–Kier alpha value is 0.290. The van der Waals surface area contributed by atoms with Gasteiger partial charge in [0, 0.05) is 44.1 Å². The summed E-state index contributed by atoms with van der Waals surface area (Å²) in [5.74, 6) is 0.793. The highest BCUT2D eigenvalue weighted by Gasteiger charge is 1.97. The normalized spacial score (nSPS) is 13.0. The minimum absolute atomic E-state index is 0.654. The molecule has 14 heavy (non-hydrogen) atoms. The number of hydrogen-bond acceptors (Lipinski definition) is 3. The van der Waals surface area contributed by atoms with Crippen LogP contribution in [0.4, 0.5) is 0 Å². The Labute approximate surface area is 99.7 Å². The second kappa shape index (κ2) is 6.71. The summed E-state index contributed by atoms with van der Waals surface area (Å²) in [7, 11) is -0.654. The zero-order valence-corrected chi connectivity index (χ0v) is 11.3. The summed E-state index contributed by atoms with van der Waals surface area (Å²) in [6, 6.07) is 2.12. The second-order valence-corrected chi connectivity index (χ2v) is 6.50. The molecule has 0 saturated heterocycles. The number of nitrogens with one attached hydrogen (secondary N) is 1. The summed E-state index contributed by atoms with van der Waals surface area (Å²) in [5, 5.41) is 5.41. The number of halogens is 1. The van der Waals surface area contributed by atoms with Gasteiger partial charge in [0.25, 0.3) is 0 Å². The van der Waals surface area contributed by atoms with Crippen molar-refractivity contribution < 1.29 is 4.21 Å². The molecule has 1 N–H and O–H groups in total. The Balaban J connectivity index is 2.07. The Morgan fingerprint density at radius 2 is 2.43 bits per heavy atom. The van der Waals surface area contributed by atoms with Crippen LogP contribution in [0.2, 0.25) is 0 Å². The number of hydrogen-bond donors (Lipinski definition) is 1. The van der Waals surface area contributed by atoms with Gasteiger partial charge in [0.2, 0.25) is 0 Å². The van der Waals surface area contributed by atoms with Crippen molar-refractivity contribution in [2.45, 2.75) is 13.0 Å². The molecular weight excluding hydrogens is 282 g/mol. The standard InChI is InChI=1S/C9H14BrNOS2/c1-14(12)4-2-3-11-6-9-5-8(10)7-13-9/h5,7,11H,2-4,6H2,1H3. The third kappa shape index (κ3) is 5.24. The summed E-state index contributed by atoms with van der Waals surface area (Å²) in [5.41, 5.74) is 0. The van der Waals surface area contributed by atoms with Crippen LogP contribution in [0.5, 0.6) is 0 Å². The van der Waals surface area contributed by atoms with Crippen LogP contribution in [0.25, 0.3) is 0 Å². The average Bonchev–Trinajstić information content (AvgIpc) is 2.50. The highest BCUT2D eigenvalue weighted by Crippen LogP contribution is 2.19. The summed E-state index contributed by atoms with van der Waals surface area (Å²) in [6.07, 6.45) is 2.73. The minimum Gasteiger partial charge on any atom is -0.312 e. The lowest BCUT2D eigenvalue weighted by atomic mass is 10.4. The number of thiophene rings is 1. The van der Waals surface area contributed by atoms with Gasteiger partial charge in [-0.25, -0.2) is 0 Å². The van der Waals surface area contributed by atoms with Crippen molar-refractivity contribution in [2.75, 3.05) is 18.6 Å². The summed E-state index contributed by atoms with van der Waals surface area (Å²) in [6.45, 7) is 1.85. The second-order valence-electron chi connectivity index (χ2n) is 3.04. The lowest BCUT2D eigenvalue weighted by Gasteiger charge is -2.01. The molecule has 1 rings (SSSR count). The third-order valence-electron chi connectivity index (χ3n) is 1.71. The van der Waals surface area contributed by atoms with E-state index in [1.165, 1.54) is 4.88 Å². The fourth-order valence-corrected chi connectivity index (χ4v) is 3.03. The molecule has 5 heteroatoms. The van der Waals surface area contributed by atoms with Gasteiger partial charge >= 0.3 is 0 Å². The third-order valence-corrected chi connectivity index (χ3v) is 4.27. The van der Waals surface area contributed by atoms with Crippen LogP contribution in [0.15, 0.2) is 15.9 Å². The molecule has 0 aromatic carbocycles. The summed E-state index contributed by atoms with van der Waals surface area (Å²) in [4.78, 5) is 1.33. The van der Waals surface area contributed by atoms with Gasteiger partial charge in [-0.1, -0.05) is 0 Å². The molecule has 1 aromatic heterocycles. The van der Waals surface area contributed by atoms with Gasteiger partial charge in [-0.2, -0.15) is 0 Å². The molecule has 0 amide bonds. The van der Waals surface area contributed by atoms with Crippen LogP contribution in [0.1, 0.15) is 11.3 Å². The van der Waals surface area contributed by atoms with Crippen molar-refractivity contribution in [2.24, 2.45) is 0 Å². The van der Waals surface area contributed by atoms with Gasteiger partial charge in [0.05, 0.1) is 0 Å². The first-order valence-electron chi connectivity index (χ1n) is 4.42. The fourth-order valence-electron chi connectivity index (χ4n) is 1.06. The molecule has 1 unspecified atom stereocenters. The lowest BCUT2D eigenvalue weighted by Crippen LogP contribution is -2.15. The summed E-state index contributed by atoms with van der Waals surface area (Å²) >= 11 is 5.16. The highest BCUT2D eigenvalue weighted by atomic mass is 79.9. The van der Waals surface area contributed by atoms with Crippen LogP contribution in [0.3, 0.4) is 0 Å². The Morgan fingerprint density at radius 3 is 3.00 bits per heavy atom. The molecule has 80 valence electrons. The van der Waals surface area contributed by atoms with Gasteiger partial charge in [-0.3, -0.25) is 4.21 Å². The molecule has 1 heterocycles. The molecular formula is C9H14BrNOS2.